The molecule has 0 aliphatic carbocycles. The highest BCUT2D eigenvalue weighted by molar-refractivity contribution is 5.94. The Kier molecular flexibility index (Phi) is 3.60. The van der Waals surface area contributed by atoms with E-state index >= 15 is 0 Å². The molecule has 0 amide bonds. The molecule has 0 radical (unpaired) electrons. The summed E-state index contributed by atoms with van der Waals surface area (Å²) in [6, 6.07) is 1.68. The lowest BCUT2D eigenvalue weighted by atomic mass is 10.2. The monoisotopic (exact) mass is 237 g/mol. The van der Waals surface area contributed by atoms with Gasteiger partial charge in [0.25, 0.3) is 0 Å². The number of nitrogens with two attached hydrogens (primary N) is 1. The summed E-state index contributed by atoms with van der Waals surface area (Å²) in [5.41, 5.74) is 7.22. The Hall–Kier alpha value is -1.78. The standard InChI is InChI=1S/C12H19N3O2/c1-7-9(14-5)6-8(13)10(15-7)11(16)17-12(2,3)4/h6,14H,13H2,1-5H3. The van der Waals surface area contributed by atoms with Gasteiger partial charge in [-0.25, -0.2) is 9.78 Å². The first kappa shape index (κ1) is 13.3. The van der Waals surface area contributed by atoms with Crippen molar-refractivity contribution in [1.29, 1.82) is 0 Å². The summed E-state index contributed by atoms with van der Waals surface area (Å²) in [5.74, 6) is -0.499. The van der Waals surface area contributed by atoms with Crippen LogP contribution in [0.2, 0.25) is 0 Å². The first-order chi connectivity index (χ1) is 7.74. The Labute approximate surface area is 101 Å². The van der Waals surface area contributed by atoms with Crippen molar-refractivity contribution in [3.63, 3.8) is 0 Å². The number of esters is 1. The molecule has 3 N–H and O–H groups in total. The van der Waals surface area contributed by atoms with Crippen LogP contribution in [-0.4, -0.2) is 23.6 Å². The molecule has 0 saturated heterocycles. The largest absolute Gasteiger partial charge is 0.455 e. The van der Waals surface area contributed by atoms with Crippen molar-refractivity contribution in [2.45, 2.75) is 33.3 Å². The zero-order valence-electron chi connectivity index (χ0n) is 10.9. The average Bonchev–Trinajstić information content (AvgIpc) is 2.18. The van der Waals surface area contributed by atoms with Gasteiger partial charge in [-0.3, -0.25) is 0 Å². The number of aryl methyl sites for hydroxylation is 1. The summed E-state index contributed by atoms with van der Waals surface area (Å²) in [4.78, 5) is 16.0. The van der Waals surface area contributed by atoms with Crippen molar-refractivity contribution >= 4 is 17.3 Å². The maximum absolute atomic E-state index is 11.8. The summed E-state index contributed by atoms with van der Waals surface area (Å²) < 4.78 is 5.23. The van der Waals surface area contributed by atoms with E-state index in [1.54, 1.807) is 40.8 Å². The van der Waals surface area contributed by atoms with E-state index in [0.717, 1.165) is 5.69 Å². The Morgan fingerprint density at radius 2 is 2.06 bits per heavy atom. The summed E-state index contributed by atoms with van der Waals surface area (Å²) in [7, 11) is 1.77. The third kappa shape index (κ3) is 3.34. The van der Waals surface area contributed by atoms with Crippen LogP contribution in [-0.2, 0) is 4.74 Å². The summed E-state index contributed by atoms with van der Waals surface area (Å²) in [6.45, 7) is 7.21. The molecule has 1 aromatic rings. The van der Waals surface area contributed by atoms with E-state index < -0.39 is 11.6 Å². The molecule has 0 fully saturated rings. The molecule has 0 saturated carbocycles. The first-order valence-electron chi connectivity index (χ1n) is 5.43. The second-order valence-corrected chi connectivity index (χ2v) is 4.81. The molecule has 0 aliphatic rings. The van der Waals surface area contributed by atoms with Gasteiger partial charge in [0.05, 0.1) is 17.1 Å². The molecule has 17 heavy (non-hydrogen) atoms. The highest BCUT2D eigenvalue weighted by atomic mass is 16.6. The molecule has 0 aliphatic heterocycles. The Bertz CT molecular complexity index is 436. The number of carbonyl (C=O) groups excluding carboxylic acids is 1. The van der Waals surface area contributed by atoms with Crippen molar-refractivity contribution < 1.29 is 9.53 Å². The average molecular weight is 237 g/mol. The van der Waals surface area contributed by atoms with E-state index in [2.05, 4.69) is 10.3 Å². The Morgan fingerprint density at radius 1 is 1.47 bits per heavy atom. The normalized spacial score (nSPS) is 11.1. The van der Waals surface area contributed by atoms with E-state index in [-0.39, 0.29) is 5.69 Å². The minimum Gasteiger partial charge on any atom is -0.455 e. The molecule has 94 valence electrons. The summed E-state index contributed by atoms with van der Waals surface area (Å²) in [5, 5.41) is 2.96. The maximum Gasteiger partial charge on any atom is 0.359 e. The van der Waals surface area contributed by atoms with Gasteiger partial charge in [-0.1, -0.05) is 0 Å². The molecular weight excluding hydrogens is 218 g/mol. The predicted octanol–water partition coefficient (Wildman–Crippen LogP) is 1.97. The highest BCUT2D eigenvalue weighted by Gasteiger charge is 2.21. The quantitative estimate of drug-likeness (QED) is 0.769. The van der Waals surface area contributed by atoms with Crippen LogP contribution in [0.15, 0.2) is 6.07 Å². The third-order valence-corrected chi connectivity index (χ3v) is 2.10. The summed E-state index contributed by atoms with van der Waals surface area (Å²) in [6.07, 6.45) is 0. The lowest BCUT2D eigenvalue weighted by Gasteiger charge is -2.20. The molecule has 5 heteroatoms. The molecular formula is C12H19N3O2. The van der Waals surface area contributed by atoms with Gasteiger partial charge in [0.15, 0.2) is 5.69 Å². The van der Waals surface area contributed by atoms with Crippen LogP contribution < -0.4 is 11.1 Å². The van der Waals surface area contributed by atoms with Gasteiger partial charge in [-0.2, -0.15) is 0 Å². The number of pyridine rings is 1. The van der Waals surface area contributed by atoms with Crippen LogP contribution in [0.3, 0.4) is 0 Å². The minimum atomic E-state index is -0.555. The van der Waals surface area contributed by atoms with Crippen molar-refractivity contribution in [3.05, 3.63) is 17.5 Å². The smallest absolute Gasteiger partial charge is 0.359 e. The van der Waals surface area contributed by atoms with Crippen LogP contribution in [0.4, 0.5) is 11.4 Å². The van der Waals surface area contributed by atoms with E-state index in [9.17, 15) is 4.79 Å². The van der Waals surface area contributed by atoms with Crippen LogP contribution in [0, 0.1) is 6.92 Å². The van der Waals surface area contributed by atoms with Crippen LogP contribution >= 0.6 is 0 Å². The number of hydrogen-bond acceptors (Lipinski definition) is 5. The number of nitrogens with one attached hydrogen (secondary N) is 1. The van der Waals surface area contributed by atoms with E-state index in [0.29, 0.717) is 11.4 Å². The zero-order chi connectivity index (χ0) is 13.2. The van der Waals surface area contributed by atoms with E-state index in [4.69, 9.17) is 10.5 Å². The van der Waals surface area contributed by atoms with Gasteiger partial charge in [-0.05, 0) is 33.8 Å². The number of ether oxygens (including phenoxy) is 1. The molecule has 1 rings (SSSR count). The van der Waals surface area contributed by atoms with Crippen LogP contribution in [0.25, 0.3) is 0 Å². The molecule has 0 atom stereocenters. The van der Waals surface area contributed by atoms with Crippen molar-refractivity contribution in [3.8, 4) is 0 Å². The van der Waals surface area contributed by atoms with Gasteiger partial charge < -0.3 is 15.8 Å². The molecule has 1 aromatic heterocycles. The van der Waals surface area contributed by atoms with E-state index in [1.165, 1.54) is 0 Å². The number of rotatable bonds is 2. The third-order valence-electron chi connectivity index (χ3n) is 2.10. The highest BCUT2D eigenvalue weighted by Crippen LogP contribution is 2.21. The molecule has 0 unspecified atom stereocenters. The van der Waals surface area contributed by atoms with Gasteiger partial charge in [0.2, 0.25) is 0 Å². The molecule has 0 spiro atoms. The number of carbonyl (C=O) groups is 1. The topological polar surface area (TPSA) is 77.2 Å². The van der Waals surface area contributed by atoms with Gasteiger partial charge in [-0.15, -0.1) is 0 Å². The SMILES string of the molecule is CNc1cc(N)c(C(=O)OC(C)(C)C)nc1C. The Morgan fingerprint density at radius 3 is 2.53 bits per heavy atom. The fourth-order valence-corrected chi connectivity index (χ4v) is 1.36. The lowest BCUT2D eigenvalue weighted by molar-refractivity contribution is 0.00640. The molecule has 0 bridgehead atoms. The second kappa shape index (κ2) is 4.61. The number of anilines is 2. The minimum absolute atomic E-state index is 0.163. The summed E-state index contributed by atoms with van der Waals surface area (Å²) >= 11 is 0. The van der Waals surface area contributed by atoms with Gasteiger partial charge in [0, 0.05) is 7.05 Å². The van der Waals surface area contributed by atoms with Crippen LogP contribution in [0.1, 0.15) is 37.0 Å². The van der Waals surface area contributed by atoms with Crippen molar-refractivity contribution in [2.75, 3.05) is 18.1 Å². The number of nitrogen functional groups attached to an aromatic ring is 1. The molecule has 1 heterocycles. The van der Waals surface area contributed by atoms with E-state index in [1.807, 2.05) is 0 Å². The van der Waals surface area contributed by atoms with Gasteiger partial charge in [0.1, 0.15) is 5.60 Å². The van der Waals surface area contributed by atoms with Gasteiger partial charge >= 0.3 is 5.97 Å². The number of hydrogen-bond donors (Lipinski definition) is 2. The van der Waals surface area contributed by atoms with Crippen molar-refractivity contribution in [1.82, 2.24) is 4.98 Å². The number of aromatic nitrogens is 1. The predicted molar refractivity (Wildman–Crippen MR) is 68.1 cm³/mol. The number of nitrogens with zero attached hydrogens (tertiary/aromatic N) is 1. The second-order valence-electron chi connectivity index (χ2n) is 4.81. The first-order valence-corrected chi connectivity index (χ1v) is 5.43. The van der Waals surface area contributed by atoms with Crippen molar-refractivity contribution in [2.24, 2.45) is 0 Å². The fourth-order valence-electron chi connectivity index (χ4n) is 1.36. The molecule has 0 aromatic carbocycles. The Balaban J connectivity index is 3.07. The van der Waals surface area contributed by atoms with Crippen LogP contribution in [0.5, 0.6) is 0 Å². The molecule has 5 nitrogen and oxygen atoms in total. The lowest BCUT2D eigenvalue weighted by Crippen LogP contribution is -2.25. The maximum atomic E-state index is 11.8. The zero-order valence-corrected chi connectivity index (χ0v) is 10.9. The fraction of sp³-hybridized carbons (Fsp3) is 0.500.